The molecule has 0 aliphatic carbocycles. The number of pyridine rings is 1. The van der Waals surface area contributed by atoms with Gasteiger partial charge in [-0.15, -0.1) is 0 Å². The summed E-state index contributed by atoms with van der Waals surface area (Å²) in [4.78, 5) is 14.7. The van der Waals surface area contributed by atoms with Gasteiger partial charge in [0, 0.05) is 17.8 Å². The Hall–Kier alpha value is -1.97. The van der Waals surface area contributed by atoms with E-state index in [0.29, 0.717) is 16.7 Å². The molecule has 78 valence electrons. The van der Waals surface area contributed by atoms with E-state index in [-0.39, 0.29) is 11.2 Å². The molecule has 2 aromatic rings. The summed E-state index contributed by atoms with van der Waals surface area (Å²) in [6, 6.07) is 4.38. The number of hydrogen-bond donors (Lipinski definition) is 2. The molecule has 2 rings (SSSR count). The van der Waals surface area contributed by atoms with Crippen LogP contribution in [0.15, 0.2) is 23.0 Å². The summed E-state index contributed by atoms with van der Waals surface area (Å²) >= 11 is 0. The molecule has 1 aromatic heterocycles. The number of aromatic hydroxyl groups is 1. The highest BCUT2D eigenvalue weighted by Gasteiger charge is 2.07. The molecule has 4 nitrogen and oxygen atoms in total. The molecule has 0 amide bonds. The van der Waals surface area contributed by atoms with E-state index in [4.69, 9.17) is 4.74 Å². The van der Waals surface area contributed by atoms with Crippen molar-refractivity contribution >= 4 is 10.9 Å². The Balaban J connectivity index is 2.96. The van der Waals surface area contributed by atoms with Crippen LogP contribution in [0.1, 0.15) is 5.69 Å². The summed E-state index contributed by atoms with van der Waals surface area (Å²) in [5.41, 5.74) is 1.24. The number of hydrogen-bond acceptors (Lipinski definition) is 3. The van der Waals surface area contributed by atoms with Gasteiger partial charge in [-0.2, -0.15) is 0 Å². The van der Waals surface area contributed by atoms with Crippen molar-refractivity contribution in [2.24, 2.45) is 0 Å². The lowest BCUT2D eigenvalue weighted by molar-refractivity contribution is 0.412. The van der Waals surface area contributed by atoms with Gasteiger partial charge in [0.15, 0.2) is 5.43 Å². The monoisotopic (exact) mass is 205 g/mol. The van der Waals surface area contributed by atoms with E-state index >= 15 is 0 Å². The van der Waals surface area contributed by atoms with Gasteiger partial charge in [0.05, 0.1) is 18.0 Å². The second kappa shape index (κ2) is 3.31. The zero-order valence-corrected chi connectivity index (χ0v) is 8.50. The van der Waals surface area contributed by atoms with E-state index in [0.717, 1.165) is 5.69 Å². The second-order valence-electron chi connectivity index (χ2n) is 3.39. The molecule has 0 unspecified atom stereocenters. The number of aryl methyl sites for hydroxylation is 1. The van der Waals surface area contributed by atoms with E-state index in [1.54, 1.807) is 6.92 Å². The van der Waals surface area contributed by atoms with E-state index in [1.807, 2.05) is 0 Å². The van der Waals surface area contributed by atoms with Gasteiger partial charge < -0.3 is 14.8 Å². The number of aromatic nitrogens is 1. The first-order valence-corrected chi connectivity index (χ1v) is 4.52. The zero-order valence-electron chi connectivity index (χ0n) is 8.50. The minimum Gasteiger partial charge on any atom is -0.508 e. The lowest BCUT2D eigenvalue weighted by Crippen LogP contribution is -2.03. The molecule has 0 radical (unpaired) electrons. The molecule has 1 heterocycles. The first-order chi connectivity index (χ1) is 7.11. The van der Waals surface area contributed by atoms with Gasteiger partial charge >= 0.3 is 0 Å². The van der Waals surface area contributed by atoms with Crippen LogP contribution >= 0.6 is 0 Å². The Kier molecular flexibility index (Phi) is 2.11. The number of phenolic OH excluding ortho intramolecular Hbond substituents is 1. The van der Waals surface area contributed by atoms with Crippen LogP contribution < -0.4 is 10.2 Å². The van der Waals surface area contributed by atoms with Crippen molar-refractivity contribution in [1.82, 2.24) is 4.98 Å². The summed E-state index contributed by atoms with van der Waals surface area (Å²) in [6.07, 6.45) is 0. The van der Waals surface area contributed by atoms with Crippen molar-refractivity contribution in [3.8, 4) is 11.5 Å². The summed E-state index contributed by atoms with van der Waals surface area (Å²) < 4.78 is 5.09. The first kappa shape index (κ1) is 9.58. The molecule has 0 fully saturated rings. The Morgan fingerprint density at radius 1 is 1.33 bits per heavy atom. The number of H-pyrrole nitrogens is 1. The van der Waals surface area contributed by atoms with Gasteiger partial charge in [0.2, 0.25) is 0 Å². The Morgan fingerprint density at radius 3 is 2.73 bits per heavy atom. The number of nitrogens with one attached hydrogen (secondary N) is 1. The van der Waals surface area contributed by atoms with Crippen molar-refractivity contribution in [2.75, 3.05) is 7.11 Å². The maximum absolute atomic E-state index is 11.6. The van der Waals surface area contributed by atoms with Gasteiger partial charge in [-0.25, -0.2) is 0 Å². The fourth-order valence-electron chi connectivity index (χ4n) is 1.59. The molecule has 2 N–H and O–H groups in total. The van der Waals surface area contributed by atoms with Gasteiger partial charge in [-0.1, -0.05) is 0 Å². The average Bonchev–Trinajstić information content (AvgIpc) is 2.18. The number of phenols is 1. The third-order valence-corrected chi connectivity index (χ3v) is 2.24. The summed E-state index contributed by atoms with van der Waals surface area (Å²) in [5, 5.41) is 9.83. The molecular weight excluding hydrogens is 194 g/mol. The second-order valence-corrected chi connectivity index (χ2v) is 3.39. The van der Waals surface area contributed by atoms with Crippen LogP contribution in [0, 0.1) is 6.92 Å². The predicted molar refractivity (Wildman–Crippen MR) is 57.5 cm³/mol. The summed E-state index contributed by atoms with van der Waals surface area (Å²) in [5.74, 6) is 0.486. The molecule has 0 aliphatic heterocycles. The van der Waals surface area contributed by atoms with E-state index in [1.165, 1.54) is 25.3 Å². The summed E-state index contributed by atoms with van der Waals surface area (Å²) in [6.45, 7) is 1.80. The highest BCUT2D eigenvalue weighted by molar-refractivity contribution is 5.86. The third kappa shape index (κ3) is 1.54. The quantitative estimate of drug-likeness (QED) is 0.742. The maximum Gasteiger partial charge on any atom is 0.189 e. The van der Waals surface area contributed by atoms with E-state index < -0.39 is 0 Å². The minimum atomic E-state index is -0.129. The van der Waals surface area contributed by atoms with Gasteiger partial charge in [-0.05, 0) is 13.0 Å². The molecule has 15 heavy (non-hydrogen) atoms. The van der Waals surface area contributed by atoms with Crippen molar-refractivity contribution < 1.29 is 9.84 Å². The Bertz CT molecular complexity index is 572. The molecule has 0 saturated heterocycles. The van der Waals surface area contributed by atoms with Crippen molar-refractivity contribution in [2.45, 2.75) is 6.92 Å². The van der Waals surface area contributed by atoms with Gasteiger partial charge in [0.1, 0.15) is 11.5 Å². The Morgan fingerprint density at radius 2 is 2.07 bits per heavy atom. The zero-order chi connectivity index (χ0) is 11.0. The molecule has 0 aliphatic rings. The average molecular weight is 205 g/mol. The number of benzene rings is 1. The van der Waals surface area contributed by atoms with Crippen LogP contribution in [0.4, 0.5) is 0 Å². The molecule has 0 atom stereocenters. The van der Waals surface area contributed by atoms with Crippen molar-refractivity contribution in [1.29, 1.82) is 0 Å². The summed E-state index contributed by atoms with van der Waals surface area (Å²) in [7, 11) is 1.49. The van der Waals surface area contributed by atoms with Crippen LogP contribution in [-0.4, -0.2) is 17.2 Å². The van der Waals surface area contributed by atoms with Crippen LogP contribution in [0.2, 0.25) is 0 Å². The van der Waals surface area contributed by atoms with Crippen LogP contribution in [0.5, 0.6) is 11.5 Å². The fraction of sp³-hybridized carbons (Fsp3) is 0.182. The minimum absolute atomic E-state index is 0.0219. The SMILES string of the molecule is COc1cc(O)cc2c(=O)cc(C)[nH]c12. The van der Waals surface area contributed by atoms with Gasteiger partial charge in [0.25, 0.3) is 0 Å². The first-order valence-electron chi connectivity index (χ1n) is 4.52. The van der Waals surface area contributed by atoms with Gasteiger partial charge in [-0.3, -0.25) is 4.79 Å². The van der Waals surface area contributed by atoms with Crippen LogP contribution in [0.25, 0.3) is 10.9 Å². The molecule has 0 saturated carbocycles. The lowest BCUT2D eigenvalue weighted by Gasteiger charge is -2.06. The number of aromatic amines is 1. The molecule has 0 bridgehead atoms. The topological polar surface area (TPSA) is 62.3 Å². The Labute approximate surface area is 86.1 Å². The van der Waals surface area contributed by atoms with Crippen LogP contribution in [0.3, 0.4) is 0 Å². The number of methoxy groups -OCH3 is 1. The normalized spacial score (nSPS) is 10.5. The molecular formula is C11H11NO3. The number of ether oxygens (including phenoxy) is 1. The highest BCUT2D eigenvalue weighted by Crippen LogP contribution is 2.27. The lowest BCUT2D eigenvalue weighted by atomic mass is 10.1. The smallest absolute Gasteiger partial charge is 0.189 e. The maximum atomic E-state index is 11.6. The van der Waals surface area contributed by atoms with E-state index in [2.05, 4.69) is 4.98 Å². The molecule has 4 heteroatoms. The van der Waals surface area contributed by atoms with Crippen molar-refractivity contribution in [3.05, 3.63) is 34.1 Å². The third-order valence-electron chi connectivity index (χ3n) is 2.24. The largest absolute Gasteiger partial charge is 0.508 e. The van der Waals surface area contributed by atoms with E-state index in [9.17, 15) is 9.90 Å². The number of rotatable bonds is 1. The highest BCUT2D eigenvalue weighted by atomic mass is 16.5. The van der Waals surface area contributed by atoms with Crippen LogP contribution in [-0.2, 0) is 0 Å². The predicted octanol–water partition coefficient (Wildman–Crippen LogP) is 1.55. The molecule has 0 spiro atoms. The number of fused-ring (bicyclic) bond motifs is 1. The molecule has 1 aromatic carbocycles. The van der Waals surface area contributed by atoms with Crippen molar-refractivity contribution in [3.63, 3.8) is 0 Å². The standard InChI is InChI=1S/C11H11NO3/c1-6-3-9(14)8-4-7(13)5-10(15-2)11(8)12-6/h3-5,13H,1-2H3,(H,12,14). The fourth-order valence-corrected chi connectivity index (χ4v) is 1.59.